The van der Waals surface area contributed by atoms with E-state index in [1.165, 1.54) is 0 Å². The predicted molar refractivity (Wildman–Crippen MR) is 108 cm³/mol. The summed E-state index contributed by atoms with van der Waals surface area (Å²) < 4.78 is 6.36. The van der Waals surface area contributed by atoms with Crippen molar-refractivity contribution in [1.82, 2.24) is 4.98 Å². The molecule has 27 heavy (non-hydrogen) atoms. The number of carbonyl (C=O) groups is 1. The van der Waals surface area contributed by atoms with Crippen molar-refractivity contribution in [1.29, 1.82) is 0 Å². The van der Waals surface area contributed by atoms with Gasteiger partial charge >= 0.3 is 0 Å². The molecular weight excluding hydrogens is 362 g/mol. The standard InChI is InChI=1S/C20H21N3O3S/c1-26-14-8-9-16-18(11-14)27-20(22-16)23-10-4-5-13(12-23)19(25)21-15-6-2-3-7-17(15)24/h2-3,6-9,11,13,24H,4-5,10,12H2,1H3,(H,21,25). The van der Waals surface area contributed by atoms with Crippen LogP contribution in [0, 0.1) is 5.92 Å². The van der Waals surface area contributed by atoms with Crippen LogP contribution in [-0.2, 0) is 4.79 Å². The van der Waals surface area contributed by atoms with E-state index in [0.29, 0.717) is 12.2 Å². The molecule has 7 heteroatoms. The second-order valence-corrected chi connectivity index (χ2v) is 7.63. The summed E-state index contributed by atoms with van der Waals surface area (Å²) in [6.45, 7) is 1.51. The summed E-state index contributed by atoms with van der Waals surface area (Å²) >= 11 is 1.62. The number of methoxy groups -OCH3 is 1. The average Bonchev–Trinajstić information content (AvgIpc) is 3.13. The molecule has 1 unspecified atom stereocenters. The molecule has 4 rings (SSSR count). The lowest BCUT2D eigenvalue weighted by atomic mass is 9.97. The van der Waals surface area contributed by atoms with Crippen LogP contribution in [0.3, 0.4) is 0 Å². The number of carbonyl (C=O) groups excluding carboxylic acids is 1. The van der Waals surface area contributed by atoms with Gasteiger partial charge in [0.15, 0.2) is 5.13 Å². The van der Waals surface area contributed by atoms with Gasteiger partial charge in [-0.15, -0.1) is 0 Å². The first-order chi connectivity index (χ1) is 13.1. The van der Waals surface area contributed by atoms with Gasteiger partial charge in [0.25, 0.3) is 0 Å². The Balaban J connectivity index is 1.49. The zero-order valence-corrected chi connectivity index (χ0v) is 15.8. The molecule has 6 nitrogen and oxygen atoms in total. The van der Waals surface area contributed by atoms with Gasteiger partial charge < -0.3 is 20.1 Å². The fourth-order valence-electron chi connectivity index (χ4n) is 3.33. The van der Waals surface area contributed by atoms with Crippen molar-refractivity contribution in [3.8, 4) is 11.5 Å². The van der Waals surface area contributed by atoms with Crippen LogP contribution in [0.15, 0.2) is 42.5 Å². The van der Waals surface area contributed by atoms with Crippen molar-refractivity contribution in [3.05, 3.63) is 42.5 Å². The minimum absolute atomic E-state index is 0.0658. The number of benzene rings is 2. The van der Waals surface area contributed by atoms with E-state index in [0.717, 1.165) is 40.5 Å². The largest absolute Gasteiger partial charge is 0.506 e. The first kappa shape index (κ1) is 17.6. The van der Waals surface area contributed by atoms with Gasteiger partial charge in [0, 0.05) is 13.1 Å². The van der Waals surface area contributed by atoms with Crippen molar-refractivity contribution in [2.45, 2.75) is 12.8 Å². The minimum atomic E-state index is -0.139. The smallest absolute Gasteiger partial charge is 0.229 e. The second-order valence-electron chi connectivity index (χ2n) is 6.62. The molecule has 0 aliphatic carbocycles. The van der Waals surface area contributed by atoms with Crippen LogP contribution in [0.5, 0.6) is 11.5 Å². The third-order valence-electron chi connectivity index (χ3n) is 4.81. The van der Waals surface area contributed by atoms with Crippen molar-refractivity contribution >= 4 is 38.3 Å². The molecule has 2 heterocycles. The van der Waals surface area contributed by atoms with Crippen LogP contribution < -0.4 is 15.0 Å². The monoisotopic (exact) mass is 383 g/mol. The number of piperidine rings is 1. The van der Waals surface area contributed by atoms with Crippen LogP contribution in [0.2, 0.25) is 0 Å². The molecule has 140 valence electrons. The number of para-hydroxylation sites is 2. The lowest BCUT2D eigenvalue weighted by Crippen LogP contribution is -2.40. The highest BCUT2D eigenvalue weighted by atomic mass is 32.1. The van der Waals surface area contributed by atoms with Crippen molar-refractivity contribution in [2.24, 2.45) is 5.92 Å². The van der Waals surface area contributed by atoms with E-state index in [4.69, 9.17) is 9.72 Å². The first-order valence-electron chi connectivity index (χ1n) is 8.92. The molecule has 1 atom stereocenters. The van der Waals surface area contributed by atoms with E-state index < -0.39 is 0 Å². The third-order valence-corrected chi connectivity index (χ3v) is 5.89. The van der Waals surface area contributed by atoms with Gasteiger partial charge in [0.2, 0.25) is 5.91 Å². The van der Waals surface area contributed by atoms with Gasteiger partial charge in [0.1, 0.15) is 11.5 Å². The number of hydrogen-bond acceptors (Lipinski definition) is 6. The van der Waals surface area contributed by atoms with Gasteiger partial charge in [-0.1, -0.05) is 23.5 Å². The highest BCUT2D eigenvalue weighted by Gasteiger charge is 2.28. The summed E-state index contributed by atoms with van der Waals surface area (Å²) in [4.78, 5) is 19.6. The number of aromatic nitrogens is 1. The predicted octanol–water partition coefficient (Wildman–Crippen LogP) is 3.87. The molecule has 1 fully saturated rings. The number of fused-ring (bicyclic) bond motifs is 1. The van der Waals surface area contributed by atoms with Crippen LogP contribution in [0.25, 0.3) is 10.2 Å². The van der Waals surface area contributed by atoms with Crippen LogP contribution in [0.4, 0.5) is 10.8 Å². The third kappa shape index (κ3) is 3.68. The molecule has 1 aromatic heterocycles. The molecular formula is C20H21N3O3S. The molecule has 1 saturated heterocycles. The van der Waals surface area contributed by atoms with Gasteiger partial charge in [-0.2, -0.15) is 0 Å². The first-order valence-corrected chi connectivity index (χ1v) is 9.74. The van der Waals surface area contributed by atoms with Gasteiger partial charge in [-0.3, -0.25) is 4.79 Å². The van der Waals surface area contributed by atoms with Gasteiger partial charge in [-0.05, 0) is 43.2 Å². The Bertz CT molecular complexity index is 972. The number of phenolic OH excluding ortho intramolecular Hbond substituents is 1. The number of ether oxygens (including phenoxy) is 1. The maximum atomic E-state index is 12.7. The van der Waals surface area contributed by atoms with Crippen LogP contribution in [-0.4, -0.2) is 36.2 Å². The summed E-state index contributed by atoms with van der Waals surface area (Å²) in [6.07, 6.45) is 1.76. The summed E-state index contributed by atoms with van der Waals surface area (Å²) in [5.41, 5.74) is 1.39. The Morgan fingerprint density at radius 1 is 1.33 bits per heavy atom. The number of rotatable bonds is 4. The fourth-order valence-corrected chi connectivity index (χ4v) is 4.36. The zero-order valence-electron chi connectivity index (χ0n) is 15.0. The molecule has 2 N–H and O–H groups in total. The SMILES string of the molecule is COc1ccc2nc(N3CCCC(C(=O)Nc4ccccc4O)C3)sc2c1. The number of hydrogen-bond donors (Lipinski definition) is 2. The number of aromatic hydroxyl groups is 1. The summed E-state index contributed by atoms with van der Waals surface area (Å²) in [5, 5.41) is 13.6. The van der Waals surface area contributed by atoms with Crippen molar-refractivity contribution < 1.29 is 14.6 Å². The normalized spacial score (nSPS) is 17.1. The average molecular weight is 383 g/mol. The Hall–Kier alpha value is -2.80. The number of amides is 1. The fraction of sp³-hybridized carbons (Fsp3) is 0.300. The van der Waals surface area contributed by atoms with Crippen molar-refractivity contribution in [2.75, 3.05) is 30.4 Å². The van der Waals surface area contributed by atoms with Gasteiger partial charge in [0.05, 0.1) is 28.9 Å². The number of nitrogens with one attached hydrogen (secondary N) is 1. The Morgan fingerprint density at radius 3 is 3.00 bits per heavy atom. The highest BCUT2D eigenvalue weighted by molar-refractivity contribution is 7.22. The lowest BCUT2D eigenvalue weighted by molar-refractivity contribution is -0.120. The molecule has 0 spiro atoms. The second kappa shape index (κ2) is 7.44. The number of nitrogens with zero attached hydrogens (tertiary/aromatic N) is 2. The van der Waals surface area contributed by atoms with E-state index in [9.17, 15) is 9.90 Å². The lowest BCUT2D eigenvalue weighted by Gasteiger charge is -2.31. The van der Waals surface area contributed by atoms with Crippen LogP contribution in [0.1, 0.15) is 12.8 Å². The Morgan fingerprint density at radius 2 is 2.19 bits per heavy atom. The molecule has 0 radical (unpaired) electrons. The molecule has 0 saturated carbocycles. The molecule has 0 bridgehead atoms. The summed E-state index contributed by atoms with van der Waals surface area (Å²) in [6, 6.07) is 12.6. The van der Waals surface area contributed by atoms with E-state index in [1.54, 1.807) is 42.7 Å². The maximum Gasteiger partial charge on any atom is 0.229 e. The van der Waals surface area contributed by atoms with E-state index in [1.807, 2.05) is 18.2 Å². The maximum absolute atomic E-state index is 12.7. The summed E-state index contributed by atoms with van der Waals surface area (Å²) in [5.74, 6) is 0.693. The van der Waals surface area contributed by atoms with Gasteiger partial charge in [-0.25, -0.2) is 4.98 Å². The molecule has 1 aliphatic heterocycles. The van der Waals surface area contributed by atoms with Crippen LogP contribution >= 0.6 is 11.3 Å². The molecule has 2 aromatic carbocycles. The van der Waals surface area contributed by atoms with E-state index >= 15 is 0 Å². The number of phenols is 1. The number of anilines is 2. The van der Waals surface area contributed by atoms with Crippen molar-refractivity contribution in [3.63, 3.8) is 0 Å². The highest BCUT2D eigenvalue weighted by Crippen LogP contribution is 2.34. The topological polar surface area (TPSA) is 74.7 Å². The Kier molecular flexibility index (Phi) is 4.85. The Labute approximate surface area is 161 Å². The zero-order chi connectivity index (χ0) is 18.8. The molecule has 3 aromatic rings. The quantitative estimate of drug-likeness (QED) is 0.669. The molecule has 1 amide bonds. The minimum Gasteiger partial charge on any atom is -0.506 e. The summed E-state index contributed by atoms with van der Waals surface area (Å²) in [7, 11) is 1.65. The van der Waals surface area contributed by atoms with E-state index in [2.05, 4.69) is 10.2 Å². The molecule has 1 aliphatic rings. The van der Waals surface area contributed by atoms with E-state index in [-0.39, 0.29) is 17.6 Å². The number of thiazole rings is 1.